The Morgan fingerprint density at radius 1 is 1.15 bits per heavy atom. The van der Waals surface area contributed by atoms with E-state index < -0.39 is 17.2 Å². The van der Waals surface area contributed by atoms with Crippen LogP contribution < -0.4 is 11.2 Å². The van der Waals surface area contributed by atoms with Gasteiger partial charge in [-0.15, -0.1) is 0 Å². The monoisotopic (exact) mass is 487 g/mol. The molecule has 0 aliphatic heterocycles. The van der Waals surface area contributed by atoms with Crippen LogP contribution in [0.5, 0.6) is 0 Å². The third kappa shape index (κ3) is 4.70. The first kappa shape index (κ1) is 25.4. The Hall–Kier alpha value is -3.21. The van der Waals surface area contributed by atoms with Gasteiger partial charge in [-0.2, -0.15) is 0 Å². The van der Waals surface area contributed by atoms with E-state index in [1.54, 1.807) is 27.7 Å². The fourth-order valence-electron chi connectivity index (χ4n) is 3.82. The minimum Gasteiger partial charge on any atom is -0.462 e. The number of nitrogens with zero attached hydrogens (tertiary/aromatic N) is 4. The second kappa shape index (κ2) is 9.96. The van der Waals surface area contributed by atoms with Crippen LogP contribution in [0.3, 0.4) is 0 Å². The Morgan fingerprint density at radius 2 is 1.82 bits per heavy atom. The summed E-state index contributed by atoms with van der Waals surface area (Å²) in [6.45, 7) is 11.4. The number of hydrogen-bond acceptors (Lipinski definition) is 8. The number of carbonyl (C=O) groups excluding carboxylic acids is 2. The van der Waals surface area contributed by atoms with Gasteiger partial charge >= 0.3 is 11.7 Å². The van der Waals surface area contributed by atoms with Crippen molar-refractivity contribution in [3.05, 3.63) is 49.2 Å². The number of ether oxygens (including phenoxy) is 1. The predicted octanol–water partition coefficient (Wildman–Crippen LogP) is 2.55. The zero-order chi connectivity index (χ0) is 25.3. The number of H-pyrrole nitrogens is 1. The lowest BCUT2D eigenvalue weighted by atomic mass is 10.1. The Balaban J connectivity index is 2.02. The van der Waals surface area contributed by atoms with Gasteiger partial charge in [0, 0.05) is 19.3 Å². The molecule has 0 aliphatic carbocycles. The number of fused-ring (bicyclic) bond motifs is 1. The summed E-state index contributed by atoms with van der Waals surface area (Å²) in [5.74, 6) is -0.216. The third-order valence-corrected chi connectivity index (χ3v) is 6.32. The van der Waals surface area contributed by atoms with Gasteiger partial charge in [-0.05, 0) is 39.2 Å². The minimum atomic E-state index is -0.508. The fraction of sp³-hybridized carbons (Fsp3) is 0.478. The number of Topliss-reactive ketones (excluding diaryl/α,β-unsaturated/α-hetero) is 1. The highest BCUT2D eigenvalue weighted by Gasteiger charge is 2.24. The van der Waals surface area contributed by atoms with Crippen molar-refractivity contribution >= 4 is 34.5 Å². The van der Waals surface area contributed by atoms with Crippen molar-refractivity contribution in [1.29, 1.82) is 0 Å². The quantitative estimate of drug-likeness (QED) is 0.222. The molecule has 0 aromatic carbocycles. The lowest BCUT2D eigenvalue weighted by molar-refractivity contribution is 0.0525. The molecule has 3 aromatic heterocycles. The summed E-state index contributed by atoms with van der Waals surface area (Å²) >= 11 is 1.10. The van der Waals surface area contributed by atoms with Crippen LogP contribution in [0.1, 0.15) is 58.7 Å². The summed E-state index contributed by atoms with van der Waals surface area (Å²) in [7, 11) is 1.42. The smallest absolute Gasteiger partial charge is 0.340 e. The molecule has 0 bridgehead atoms. The Labute approximate surface area is 200 Å². The van der Waals surface area contributed by atoms with E-state index in [1.807, 2.05) is 13.8 Å². The highest BCUT2D eigenvalue weighted by Crippen LogP contribution is 2.26. The number of nitrogens with one attached hydrogen (secondary N) is 1. The van der Waals surface area contributed by atoms with Crippen LogP contribution in [0.15, 0.2) is 14.6 Å². The summed E-state index contributed by atoms with van der Waals surface area (Å²) in [4.78, 5) is 62.8. The van der Waals surface area contributed by atoms with E-state index in [4.69, 9.17) is 4.74 Å². The number of aromatic nitrogens is 5. The average Bonchev–Trinajstić information content (AvgIpc) is 3.07. The van der Waals surface area contributed by atoms with Crippen molar-refractivity contribution in [2.45, 2.75) is 53.1 Å². The molecule has 1 N–H and O–H groups in total. The number of thioether (sulfide) groups is 1. The van der Waals surface area contributed by atoms with E-state index in [1.165, 1.54) is 11.6 Å². The van der Waals surface area contributed by atoms with Gasteiger partial charge in [-0.25, -0.2) is 19.6 Å². The molecule has 0 atom stereocenters. The molecule has 10 nitrogen and oxygen atoms in total. The van der Waals surface area contributed by atoms with E-state index in [0.29, 0.717) is 39.9 Å². The van der Waals surface area contributed by atoms with Gasteiger partial charge in [-0.1, -0.05) is 25.6 Å². The normalized spacial score (nSPS) is 11.4. The maximum Gasteiger partial charge on any atom is 0.340 e. The van der Waals surface area contributed by atoms with E-state index in [9.17, 15) is 19.2 Å². The largest absolute Gasteiger partial charge is 0.462 e. The van der Waals surface area contributed by atoms with Crippen molar-refractivity contribution in [2.24, 2.45) is 13.0 Å². The van der Waals surface area contributed by atoms with Crippen LogP contribution in [0.25, 0.3) is 11.0 Å². The average molecular weight is 488 g/mol. The molecule has 0 fully saturated rings. The molecule has 11 heteroatoms. The van der Waals surface area contributed by atoms with Crippen LogP contribution >= 0.6 is 11.8 Å². The SMILES string of the molecule is CCOC(=O)c1c(C)[nH]c(C(=O)CSc2nc(C)nc3c2c(=O)n(C)c(=O)n3CC(C)C)c1C. The number of rotatable bonds is 8. The Kier molecular flexibility index (Phi) is 7.44. The molecule has 0 saturated carbocycles. The third-order valence-electron chi connectivity index (χ3n) is 5.34. The molecule has 0 aliphatic rings. The number of ketones is 1. The van der Waals surface area contributed by atoms with Gasteiger partial charge < -0.3 is 9.72 Å². The zero-order valence-corrected chi connectivity index (χ0v) is 21.3. The van der Waals surface area contributed by atoms with Crippen molar-refractivity contribution in [2.75, 3.05) is 12.4 Å². The molecule has 34 heavy (non-hydrogen) atoms. The molecular formula is C23H29N5O5S. The maximum atomic E-state index is 13.0. The predicted molar refractivity (Wildman–Crippen MR) is 130 cm³/mol. The number of esters is 1. The molecule has 3 aromatic rings. The van der Waals surface area contributed by atoms with Crippen LogP contribution in [0, 0.1) is 26.7 Å². The summed E-state index contributed by atoms with van der Waals surface area (Å²) < 4.78 is 7.61. The minimum absolute atomic E-state index is 0.0267. The summed E-state index contributed by atoms with van der Waals surface area (Å²) in [6.07, 6.45) is 0. The van der Waals surface area contributed by atoms with Crippen molar-refractivity contribution in [1.82, 2.24) is 24.1 Å². The van der Waals surface area contributed by atoms with Crippen molar-refractivity contribution < 1.29 is 14.3 Å². The second-order valence-electron chi connectivity index (χ2n) is 8.48. The number of hydrogen-bond donors (Lipinski definition) is 1. The molecule has 182 valence electrons. The lowest BCUT2D eigenvalue weighted by Crippen LogP contribution is -2.39. The van der Waals surface area contributed by atoms with E-state index in [-0.39, 0.29) is 35.1 Å². The summed E-state index contributed by atoms with van der Waals surface area (Å²) in [6, 6.07) is 0. The molecular weight excluding hydrogens is 458 g/mol. The lowest BCUT2D eigenvalue weighted by Gasteiger charge is -2.15. The van der Waals surface area contributed by atoms with Gasteiger partial charge in [0.15, 0.2) is 11.4 Å². The number of carbonyl (C=O) groups is 2. The van der Waals surface area contributed by atoms with E-state index in [2.05, 4.69) is 15.0 Å². The Morgan fingerprint density at radius 3 is 2.44 bits per heavy atom. The van der Waals surface area contributed by atoms with E-state index >= 15 is 0 Å². The van der Waals surface area contributed by atoms with E-state index in [0.717, 1.165) is 16.3 Å². The molecule has 0 radical (unpaired) electrons. The highest BCUT2D eigenvalue weighted by molar-refractivity contribution is 8.00. The standard InChI is InChI=1S/C23H29N5O5S/c1-8-33-22(31)16-12(4)18(24-13(16)5)15(29)10-34-20-17-19(25-14(6)26-20)28(9-11(2)3)23(32)27(7)21(17)30/h11,24H,8-10H2,1-7H3. The van der Waals surface area contributed by atoms with Gasteiger partial charge in [0.25, 0.3) is 5.56 Å². The highest BCUT2D eigenvalue weighted by atomic mass is 32.2. The summed E-state index contributed by atoms with van der Waals surface area (Å²) in [5, 5.41) is 0.540. The van der Waals surface area contributed by atoms with Crippen LogP contribution in [0.4, 0.5) is 0 Å². The molecule has 0 unspecified atom stereocenters. The van der Waals surface area contributed by atoms with Gasteiger partial charge in [0.1, 0.15) is 16.2 Å². The van der Waals surface area contributed by atoms with Crippen molar-refractivity contribution in [3.8, 4) is 0 Å². The van der Waals surface area contributed by atoms with Gasteiger partial charge in [0.05, 0.1) is 23.6 Å². The second-order valence-corrected chi connectivity index (χ2v) is 9.45. The summed E-state index contributed by atoms with van der Waals surface area (Å²) in [5.41, 5.74) is 1.05. The number of aromatic amines is 1. The first-order chi connectivity index (χ1) is 16.0. The van der Waals surface area contributed by atoms with Crippen LogP contribution in [-0.4, -0.2) is 48.2 Å². The molecule has 3 rings (SSSR count). The number of aryl methyl sites for hydroxylation is 2. The van der Waals surface area contributed by atoms with Gasteiger partial charge in [-0.3, -0.25) is 18.7 Å². The molecule has 3 heterocycles. The maximum absolute atomic E-state index is 13.0. The fourth-order valence-corrected chi connectivity index (χ4v) is 4.75. The Bertz CT molecular complexity index is 1400. The van der Waals surface area contributed by atoms with Crippen molar-refractivity contribution in [3.63, 3.8) is 0 Å². The molecule has 0 saturated heterocycles. The van der Waals surface area contributed by atoms with Crippen LogP contribution in [0.2, 0.25) is 0 Å². The first-order valence-electron chi connectivity index (χ1n) is 11.0. The van der Waals surface area contributed by atoms with Crippen LogP contribution in [-0.2, 0) is 18.3 Å². The van der Waals surface area contributed by atoms with Gasteiger partial charge in [0.2, 0.25) is 0 Å². The topological polar surface area (TPSA) is 129 Å². The molecule has 0 amide bonds. The first-order valence-corrected chi connectivity index (χ1v) is 12.0. The molecule has 0 spiro atoms. The zero-order valence-electron chi connectivity index (χ0n) is 20.4.